The topological polar surface area (TPSA) is 88.5 Å². The Morgan fingerprint density at radius 2 is 2.00 bits per heavy atom. The molecule has 0 atom stereocenters. The van der Waals surface area contributed by atoms with Gasteiger partial charge in [-0.2, -0.15) is 5.10 Å². The molecule has 2 N–H and O–H groups in total. The van der Waals surface area contributed by atoms with E-state index in [1.807, 2.05) is 0 Å². The number of nitrogens with one attached hydrogen (secondary N) is 2. The number of rotatable bonds is 4. The number of carbonyl (C=O) groups is 1. The Labute approximate surface area is 144 Å². The van der Waals surface area contributed by atoms with E-state index < -0.39 is 12.3 Å². The van der Waals surface area contributed by atoms with Gasteiger partial charge in [0.2, 0.25) is 0 Å². The Bertz CT molecular complexity index is 1010. The molecular weight excluding hydrogens is 353 g/mol. The van der Waals surface area contributed by atoms with Crippen LogP contribution >= 0.6 is 0 Å². The van der Waals surface area contributed by atoms with Crippen molar-refractivity contribution < 1.29 is 22.7 Å². The largest absolute Gasteiger partial charge is 0.573 e. The number of nitrogens with zero attached hydrogens (tertiary/aromatic N) is 2. The summed E-state index contributed by atoms with van der Waals surface area (Å²) in [5, 5.41) is 6.63. The van der Waals surface area contributed by atoms with Gasteiger partial charge in [0.25, 0.3) is 11.5 Å². The second-order valence-corrected chi connectivity index (χ2v) is 5.50. The number of benzene rings is 1. The summed E-state index contributed by atoms with van der Waals surface area (Å²) in [6.45, 7) is 1.77. The van der Waals surface area contributed by atoms with E-state index >= 15 is 0 Å². The summed E-state index contributed by atoms with van der Waals surface area (Å²) in [6, 6.07) is 6.47. The van der Waals surface area contributed by atoms with Gasteiger partial charge in [-0.1, -0.05) is 12.1 Å². The van der Waals surface area contributed by atoms with Crippen LogP contribution in [0.4, 0.5) is 13.2 Å². The zero-order valence-corrected chi connectivity index (χ0v) is 13.4. The van der Waals surface area contributed by atoms with Gasteiger partial charge in [0, 0.05) is 24.5 Å². The molecule has 0 aliphatic heterocycles. The van der Waals surface area contributed by atoms with Crippen LogP contribution in [-0.2, 0) is 6.54 Å². The normalized spacial score (nSPS) is 11.5. The fourth-order valence-corrected chi connectivity index (χ4v) is 2.31. The van der Waals surface area contributed by atoms with Gasteiger partial charge in [-0.05, 0) is 24.6 Å². The number of alkyl halides is 3. The summed E-state index contributed by atoms with van der Waals surface area (Å²) in [5.41, 5.74) is 1.09. The van der Waals surface area contributed by atoms with Gasteiger partial charge in [-0.15, -0.1) is 13.2 Å². The van der Waals surface area contributed by atoms with Crippen LogP contribution in [-0.4, -0.2) is 26.9 Å². The number of ether oxygens (including phenoxy) is 1. The number of hydrogen-bond donors (Lipinski definition) is 2. The molecule has 0 unspecified atom stereocenters. The van der Waals surface area contributed by atoms with Gasteiger partial charge < -0.3 is 15.0 Å². The lowest BCUT2D eigenvalue weighted by molar-refractivity contribution is -0.274. The summed E-state index contributed by atoms with van der Waals surface area (Å²) in [6.07, 6.45) is -3.18. The van der Waals surface area contributed by atoms with Crippen LogP contribution in [0.15, 0.2) is 41.3 Å². The van der Waals surface area contributed by atoms with Crippen LogP contribution in [0.1, 0.15) is 21.7 Å². The minimum atomic E-state index is -4.75. The number of aromatic nitrogens is 3. The van der Waals surface area contributed by atoms with Gasteiger partial charge >= 0.3 is 6.36 Å². The average molecular weight is 366 g/mol. The third kappa shape index (κ3) is 4.02. The predicted molar refractivity (Wildman–Crippen MR) is 84.8 cm³/mol. The highest BCUT2D eigenvalue weighted by molar-refractivity contribution is 5.93. The maximum absolute atomic E-state index is 12.2. The Morgan fingerprint density at radius 1 is 1.31 bits per heavy atom. The van der Waals surface area contributed by atoms with E-state index in [1.54, 1.807) is 13.1 Å². The monoisotopic (exact) mass is 366 g/mol. The molecule has 0 spiro atoms. The summed E-state index contributed by atoms with van der Waals surface area (Å²) >= 11 is 0. The molecule has 0 fully saturated rings. The molecule has 2 aromatic heterocycles. The molecule has 10 heteroatoms. The summed E-state index contributed by atoms with van der Waals surface area (Å²) in [4.78, 5) is 26.6. The van der Waals surface area contributed by atoms with Gasteiger partial charge in [0.1, 0.15) is 11.3 Å². The highest BCUT2D eigenvalue weighted by Gasteiger charge is 2.30. The molecule has 1 amide bonds. The first kappa shape index (κ1) is 17.5. The number of hydrogen-bond acceptors (Lipinski definition) is 4. The number of amides is 1. The fraction of sp³-hybridized carbons (Fsp3) is 0.188. The van der Waals surface area contributed by atoms with Gasteiger partial charge in [-0.25, -0.2) is 4.52 Å². The van der Waals surface area contributed by atoms with E-state index in [1.165, 1.54) is 22.7 Å². The van der Waals surface area contributed by atoms with E-state index in [2.05, 4.69) is 20.1 Å². The Hall–Kier alpha value is -3.30. The maximum atomic E-state index is 12.2. The molecule has 7 nitrogen and oxygen atoms in total. The van der Waals surface area contributed by atoms with Gasteiger partial charge in [-0.3, -0.25) is 9.59 Å². The zero-order valence-electron chi connectivity index (χ0n) is 13.4. The molecule has 0 bridgehead atoms. The quantitative estimate of drug-likeness (QED) is 0.741. The Morgan fingerprint density at radius 3 is 2.65 bits per heavy atom. The van der Waals surface area contributed by atoms with Crippen LogP contribution in [0.2, 0.25) is 0 Å². The number of aromatic amines is 1. The van der Waals surface area contributed by atoms with Gasteiger partial charge in [0.15, 0.2) is 5.69 Å². The summed E-state index contributed by atoms with van der Waals surface area (Å²) in [5.74, 6) is -0.858. The SMILES string of the molecule is Cc1cn2nc(C(=O)NCc3ccc(OC(F)(F)F)cc3)cc2c(=O)[nH]1. The van der Waals surface area contributed by atoms with Crippen molar-refractivity contribution in [2.24, 2.45) is 0 Å². The van der Waals surface area contributed by atoms with Crippen molar-refractivity contribution in [1.82, 2.24) is 19.9 Å². The highest BCUT2D eigenvalue weighted by Crippen LogP contribution is 2.22. The molecule has 136 valence electrons. The Kier molecular flexibility index (Phi) is 4.41. The first-order valence-corrected chi connectivity index (χ1v) is 7.43. The molecule has 0 radical (unpaired) electrons. The van der Waals surface area contributed by atoms with Crippen LogP contribution < -0.4 is 15.6 Å². The molecule has 3 aromatic rings. The molecule has 3 rings (SSSR count). The zero-order chi connectivity index (χ0) is 18.9. The van der Waals surface area contributed by atoms with Crippen molar-refractivity contribution >= 4 is 11.4 Å². The lowest BCUT2D eigenvalue weighted by atomic mass is 10.2. The molecule has 0 saturated heterocycles. The molecule has 0 aliphatic carbocycles. The minimum Gasteiger partial charge on any atom is -0.406 e. The molecule has 2 heterocycles. The average Bonchev–Trinajstić information content (AvgIpc) is 2.97. The van der Waals surface area contributed by atoms with Gasteiger partial charge in [0.05, 0.1) is 0 Å². The number of halogens is 3. The van der Waals surface area contributed by atoms with Crippen molar-refractivity contribution in [1.29, 1.82) is 0 Å². The first-order chi connectivity index (χ1) is 12.2. The van der Waals surface area contributed by atoms with Crippen molar-refractivity contribution in [3.8, 4) is 5.75 Å². The van der Waals surface area contributed by atoms with Crippen LogP contribution in [0, 0.1) is 6.92 Å². The maximum Gasteiger partial charge on any atom is 0.573 e. The lowest BCUT2D eigenvalue weighted by Crippen LogP contribution is -2.23. The standard InChI is InChI=1S/C16H13F3N4O3/c1-9-8-23-13(15(25)21-9)6-12(22-23)14(24)20-7-10-2-4-11(5-3-10)26-16(17,18)19/h2-6,8H,7H2,1H3,(H,20,24)(H,21,25). The second-order valence-electron chi connectivity index (χ2n) is 5.50. The molecular formula is C16H13F3N4O3. The third-order valence-electron chi connectivity index (χ3n) is 3.44. The summed E-state index contributed by atoms with van der Waals surface area (Å²) < 4.78 is 41.4. The van der Waals surface area contributed by atoms with E-state index in [4.69, 9.17) is 0 Å². The first-order valence-electron chi connectivity index (χ1n) is 7.43. The van der Waals surface area contributed by atoms with E-state index in [0.717, 1.165) is 12.1 Å². The number of fused-ring (bicyclic) bond motifs is 1. The highest BCUT2D eigenvalue weighted by atomic mass is 19.4. The second kappa shape index (κ2) is 6.54. The Balaban J connectivity index is 1.67. The lowest BCUT2D eigenvalue weighted by Gasteiger charge is -2.09. The number of carbonyl (C=O) groups excluding carboxylic acids is 1. The minimum absolute atomic E-state index is 0.0538. The third-order valence-corrected chi connectivity index (χ3v) is 3.44. The van der Waals surface area contributed by atoms with Crippen molar-refractivity contribution in [2.75, 3.05) is 0 Å². The molecule has 0 saturated carbocycles. The van der Waals surface area contributed by atoms with Crippen molar-refractivity contribution in [3.05, 3.63) is 63.8 Å². The predicted octanol–water partition coefficient (Wildman–Crippen LogP) is 2.16. The van der Waals surface area contributed by atoms with Crippen LogP contribution in [0.3, 0.4) is 0 Å². The van der Waals surface area contributed by atoms with Crippen molar-refractivity contribution in [3.63, 3.8) is 0 Å². The summed E-state index contributed by atoms with van der Waals surface area (Å²) in [7, 11) is 0. The molecule has 0 aliphatic rings. The van der Waals surface area contributed by atoms with E-state index in [-0.39, 0.29) is 29.1 Å². The molecule has 26 heavy (non-hydrogen) atoms. The smallest absolute Gasteiger partial charge is 0.406 e. The van der Waals surface area contributed by atoms with Crippen LogP contribution in [0.25, 0.3) is 5.52 Å². The number of aryl methyl sites for hydroxylation is 1. The fourth-order valence-electron chi connectivity index (χ4n) is 2.31. The van der Waals surface area contributed by atoms with E-state index in [0.29, 0.717) is 11.3 Å². The van der Waals surface area contributed by atoms with Crippen LogP contribution in [0.5, 0.6) is 5.75 Å². The van der Waals surface area contributed by atoms with E-state index in [9.17, 15) is 22.8 Å². The number of H-pyrrole nitrogens is 1. The molecule has 1 aromatic carbocycles. The van der Waals surface area contributed by atoms with Crippen molar-refractivity contribution in [2.45, 2.75) is 19.8 Å².